The fraction of sp³-hybridized carbons (Fsp3) is 0.385. The Kier molecular flexibility index (Phi) is 2.88. The van der Waals surface area contributed by atoms with Crippen LogP contribution in [0.4, 0.5) is 0 Å². The summed E-state index contributed by atoms with van der Waals surface area (Å²) in [6, 6.07) is 4.04. The molecule has 0 fully saturated rings. The van der Waals surface area contributed by atoms with Crippen LogP contribution in [0.2, 0.25) is 0 Å². The molecule has 17 heavy (non-hydrogen) atoms. The number of aryl methyl sites for hydroxylation is 3. The number of hydrogen-bond donors (Lipinski definition) is 0. The minimum absolute atomic E-state index is 0.354. The molecule has 0 saturated heterocycles. The van der Waals surface area contributed by atoms with Gasteiger partial charge in [0.15, 0.2) is 0 Å². The van der Waals surface area contributed by atoms with Crippen LogP contribution in [0.15, 0.2) is 12.1 Å². The molecule has 1 heterocycles. The maximum atomic E-state index is 11.7. The van der Waals surface area contributed by atoms with Crippen LogP contribution in [0.3, 0.4) is 0 Å². The highest BCUT2D eigenvalue weighted by Gasteiger charge is 2.16. The second kappa shape index (κ2) is 4.20. The van der Waals surface area contributed by atoms with E-state index >= 15 is 0 Å². The van der Waals surface area contributed by atoms with Gasteiger partial charge in [-0.05, 0) is 44.0 Å². The summed E-state index contributed by atoms with van der Waals surface area (Å²) in [5, 5.41) is 0. The van der Waals surface area contributed by atoms with Gasteiger partial charge in [-0.2, -0.15) is 0 Å². The van der Waals surface area contributed by atoms with E-state index in [9.17, 15) is 4.79 Å². The molecule has 0 amide bonds. The summed E-state index contributed by atoms with van der Waals surface area (Å²) >= 11 is 0. The van der Waals surface area contributed by atoms with Crippen molar-refractivity contribution in [2.75, 3.05) is 6.61 Å². The van der Waals surface area contributed by atoms with Gasteiger partial charge in [0.25, 0.3) is 0 Å². The van der Waals surface area contributed by atoms with Crippen molar-refractivity contribution in [3.8, 4) is 0 Å². The van der Waals surface area contributed by atoms with Gasteiger partial charge in [0, 0.05) is 7.05 Å². The van der Waals surface area contributed by atoms with Crippen molar-refractivity contribution in [1.29, 1.82) is 0 Å². The number of rotatable bonds is 2. The number of ether oxygens (including phenoxy) is 1. The summed E-state index contributed by atoms with van der Waals surface area (Å²) in [5.74, 6) is -0.0200. The molecule has 0 aliphatic carbocycles. The van der Waals surface area contributed by atoms with Gasteiger partial charge in [-0.1, -0.05) is 0 Å². The largest absolute Gasteiger partial charge is 0.460 e. The molecule has 4 nitrogen and oxygen atoms in total. The molecule has 2 rings (SSSR count). The maximum Gasteiger partial charge on any atom is 0.374 e. The van der Waals surface area contributed by atoms with Crippen molar-refractivity contribution in [1.82, 2.24) is 9.55 Å². The van der Waals surface area contributed by atoms with Gasteiger partial charge in [-0.15, -0.1) is 0 Å². The number of imidazole rings is 1. The van der Waals surface area contributed by atoms with E-state index in [1.807, 2.05) is 33.0 Å². The molecule has 2 aromatic rings. The van der Waals surface area contributed by atoms with E-state index < -0.39 is 0 Å². The van der Waals surface area contributed by atoms with Gasteiger partial charge in [0.05, 0.1) is 17.6 Å². The SMILES string of the molecule is CCOC(=O)c1nc2cc(C)c(C)cc2n1C. The summed E-state index contributed by atoms with van der Waals surface area (Å²) in [5.41, 5.74) is 4.15. The third-order valence-electron chi connectivity index (χ3n) is 2.95. The van der Waals surface area contributed by atoms with Gasteiger partial charge in [0.2, 0.25) is 5.82 Å². The highest BCUT2D eigenvalue weighted by Crippen LogP contribution is 2.20. The molecule has 0 radical (unpaired) electrons. The Morgan fingerprint density at radius 2 is 2.00 bits per heavy atom. The van der Waals surface area contributed by atoms with Gasteiger partial charge in [-0.25, -0.2) is 9.78 Å². The molecule has 90 valence electrons. The molecule has 0 spiro atoms. The highest BCUT2D eigenvalue weighted by molar-refractivity contribution is 5.91. The first-order valence-electron chi connectivity index (χ1n) is 5.65. The lowest BCUT2D eigenvalue weighted by atomic mass is 10.1. The number of aromatic nitrogens is 2. The lowest BCUT2D eigenvalue weighted by Crippen LogP contribution is -2.11. The molecule has 1 aromatic heterocycles. The van der Waals surface area contributed by atoms with Crippen molar-refractivity contribution in [2.24, 2.45) is 7.05 Å². The number of hydrogen-bond acceptors (Lipinski definition) is 3. The summed E-state index contributed by atoms with van der Waals surface area (Å²) < 4.78 is 6.75. The normalized spacial score (nSPS) is 10.8. The minimum Gasteiger partial charge on any atom is -0.460 e. The zero-order valence-corrected chi connectivity index (χ0v) is 10.6. The molecule has 0 bridgehead atoms. The number of benzene rings is 1. The van der Waals surface area contributed by atoms with Crippen LogP contribution in [0.5, 0.6) is 0 Å². The second-order valence-corrected chi connectivity index (χ2v) is 4.14. The Balaban J connectivity index is 2.60. The van der Waals surface area contributed by atoms with E-state index in [2.05, 4.69) is 4.98 Å². The van der Waals surface area contributed by atoms with Gasteiger partial charge in [0.1, 0.15) is 0 Å². The predicted molar refractivity (Wildman–Crippen MR) is 66.1 cm³/mol. The van der Waals surface area contributed by atoms with Crippen molar-refractivity contribution in [2.45, 2.75) is 20.8 Å². The predicted octanol–water partition coefficient (Wildman–Crippen LogP) is 2.37. The third kappa shape index (κ3) is 1.90. The van der Waals surface area contributed by atoms with Crippen LogP contribution < -0.4 is 0 Å². The fourth-order valence-electron chi connectivity index (χ4n) is 1.83. The molecule has 0 unspecified atom stereocenters. The average molecular weight is 232 g/mol. The van der Waals surface area contributed by atoms with Crippen molar-refractivity contribution in [3.63, 3.8) is 0 Å². The molecule has 1 aromatic carbocycles. The highest BCUT2D eigenvalue weighted by atomic mass is 16.5. The van der Waals surface area contributed by atoms with E-state index in [1.54, 1.807) is 11.5 Å². The van der Waals surface area contributed by atoms with E-state index in [1.165, 1.54) is 11.1 Å². The number of fused-ring (bicyclic) bond motifs is 1. The zero-order valence-electron chi connectivity index (χ0n) is 10.6. The Hall–Kier alpha value is -1.84. The van der Waals surface area contributed by atoms with E-state index in [-0.39, 0.29) is 5.97 Å². The molecule has 0 atom stereocenters. The molecule has 0 aliphatic heterocycles. The third-order valence-corrected chi connectivity index (χ3v) is 2.95. The summed E-state index contributed by atoms with van der Waals surface area (Å²) in [6.07, 6.45) is 0. The Morgan fingerprint density at radius 1 is 1.35 bits per heavy atom. The van der Waals surface area contributed by atoms with Crippen molar-refractivity contribution < 1.29 is 9.53 Å². The van der Waals surface area contributed by atoms with Crippen LogP contribution in [-0.4, -0.2) is 22.1 Å². The van der Waals surface area contributed by atoms with E-state index in [0.717, 1.165) is 11.0 Å². The van der Waals surface area contributed by atoms with Crippen LogP contribution >= 0.6 is 0 Å². The van der Waals surface area contributed by atoms with Crippen LogP contribution in [-0.2, 0) is 11.8 Å². The quantitative estimate of drug-likeness (QED) is 0.747. The van der Waals surface area contributed by atoms with Crippen LogP contribution in [0.1, 0.15) is 28.7 Å². The molecule has 0 aliphatic rings. The Labute approximate surface area is 100 Å². The first kappa shape index (κ1) is 11.6. The van der Waals surface area contributed by atoms with E-state index in [0.29, 0.717) is 12.4 Å². The molecular weight excluding hydrogens is 216 g/mol. The summed E-state index contributed by atoms with van der Waals surface area (Å²) in [4.78, 5) is 16.0. The average Bonchev–Trinajstić information content (AvgIpc) is 2.58. The number of carbonyl (C=O) groups is 1. The molecule has 4 heteroatoms. The van der Waals surface area contributed by atoms with Gasteiger partial charge in [-0.3, -0.25) is 0 Å². The first-order valence-corrected chi connectivity index (χ1v) is 5.65. The number of esters is 1. The van der Waals surface area contributed by atoms with Crippen LogP contribution in [0, 0.1) is 13.8 Å². The lowest BCUT2D eigenvalue weighted by Gasteiger charge is -2.02. The first-order chi connectivity index (χ1) is 8.04. The maximum absolute atomic E-state index is 11.7. The minimum atomic E-state index is -0.374. The second-order valence-electron chi connectivity index (χ2n) is 4.14. The standard InChI is InChI=1S/C13H16N2O2/c1-5-17-13(16)12-14-10-6-8(2)9(3)7-11(10)15(12)4/h6-7H,5H2,1-4H3. The number of carbonyl (C=O) groups excluding carboxylic acids is 1. The van der Waals surface area contributed by atoms with Crippen molar-refractivity contribution in [3.05, 3.63) is 29.1 Å². The molecule has 0 N–H and O–H groups in total. The smallest absolute Gasteiger partial charge is 0.374 e. The van der Waals surface area contributed by atoms with Gasteiger partial charge >= 0.3 is 5.97 Å². The summed E-state index contributed by atoms with van der Waals surface area (Å²) in [6.45, 7) is 6.23. The molecule has 0 saturated carbocycles. The van der Waals surface area contributed by atoms with E-state index in [4.69, 9.17) is 4.74 Å². The topological polar surface area (TPSA) is 44.1 Å². The Bertz CT molecular complexity index is 585. The monoisotopic (exact) mass is 232 g/mol. The summed E-state index contributed by atoms with van der Waals surface area (Å²) in [7, 11) is 1.83. The van der Waals surface area contributed by atoms with Crippen molar-refractivity contribution >= 4 is 17.0 Å². The zero-order chi connectivity index (χ0) is 12.6. The Morgan fingerprint density at radius 3 is 2.65 bits per heavy atom. The fourth-order valence-corrected chi connectivity index (χ4v) is 1.83. The van der Waals surface area contributed by atoms with Gasteiger partial charge < -0.3 is 9.30 Å². The van der Waals surface area contributed by atoms with Crippen LogP contribution in [0.25, 0.3) is 11.0 Å². The number of nitrogens with zero attached hydrogens (tertiary/aromatic N) is 2. The molecular formula is C13H16N2O2. The lowest BCUT2D eigenvalue weighted by molar-refractivity contribution is 0.0508.